The Balaban J connectivity index is 2.07. The van der Waals surface area contributed by atoms with Gasteiger partial charge in [-0.25, -0.2) is 0 Å². The van der Waals surface area contributed by atoms with Crippen molar-refractivity contribution in [1.29, 1.82) is 0 Å². The van der Waals surface area contributed by atoms with Crippen LogP contribution in [-0.2, 0) is 13.1 Å². The summed E-state index contributed by atoms with van der Waals surface area (Å²) in [5, 5.41) is 3.33. The van der Waals surface area contributed by atoms with E-state index in [0.717, 1.165) is 18.8 Å². The van der Waals surface area contributed by atoms with Crippen molar-refractivity contribution in [3.63, 3.8) is 0 Å². The number of nitrogens with zero attached hydrogens (tertiary/aromatic N) is 1. The molecule has 0 unspecified atom stereocenters. The highest BCUT2D eigenvalue weighted by molar-refractivity contribution is 5.60. The Hall–Kier alpha value is -1.67. The molecule has 0 radical (unpaired) electrons. The highest BCUT2D eigenvalue weighted by Gasteiger charge is 2.11. The number of nitrogens with one attached hydrogen (secondary N) is 1. The Labute approximate surface area is 89.0 Å². The van der Waals surface area contributed by atoms with Gasteiger partial charge in [-0.1, -0.05) is 30.3 Å². The smallest absolute Gasteiger partial charge is 0.0705 e. The van der Waals surface area contributed by atoms with E-state index in [-0.39, 0.29) is 0 Å². The van der Waals surface area contributed by atoms with Crippen molar-refractivity contribution in [3.05, 3.63) is 53.7 Å². The second-order valence-corrected chi connectivity index (χ2v) is 3.81. The molecule has 2 nitrogen and oxygen atoms in total. The minimum Gasteiger partial charge on any atom is -0.309 e. The lowest BCUT2D eigenvalue weighted by molar-refractivity contribution is 0.764. The fourth-order valence-electron chi connectivity index (χ4n) is 1.95. The first-order valence-electron chi connectivity index (χ1n) is 5.17. The van der Waals surface area contributed by atoms with Gasteiger partial charge >= 0.3 is 0 Å². The van der Waals surface area contributed by atoms with Gasteiger partial charge in [-0.15, -0.1) is 0 Å². The second kappa shape index (κ2) is 3.48. The first-order chi connectivity index (χ1) is 7.43. The molecular weight excluding hydrogens is 184 g/mol. The number of hydrogen-bond donors (Lipinski definition) is 1. The van der Waals surface area contributed by atoms with Gasteiger partial charge in [-0.3, -0.25) is 4.98 Å². The summed E-state index contributed by atoms with van der Waals surface area (Å²) in [6.45, 7) is 1.93. The van der Waals surface area contributed by atoms with Gasteiger partial charge in [0.05, 0.1) is 5.69 Å². The predicted octanol–water partition coefficient (Wildman–Crippen LogP) is 2.35. The molecule has 0 saturated heterocycles. The van der Waals surface area contributed by atoms with E-state index in [1.54, 1.807) is 0 Å². The van der Waals surface area contributed by atoms with Crippen LogP contribution in [0.2, 0.25) is 0 Å². The molecule has 2 aromatic rings. The average molecular weight is 196 g/mol. The van der Waals surface area contributed by atoms with E-state index in [1.807, 2.05) is 24.4 Å². The molecule has 3 rings (SSSR count). The third-order valence-corrected chi connectivity index (χ3v) is 2.78. The molecule has 0 aliphatic carbocycles. The number of pyridine rings is 1. The normalized spacial score (nSPS) is 13.9. The summed E-state index contributed by atoms with van der Waals surface area (Å²) in [5.41, 5.74) is 4.96. The van der Waals surface area contributed by atoms with Crippen LogP contribution in [-0.4, -0.2) is 4.98 Å². The Morgan fingerprint density at radius 3 is 2.67 bits per heavy atom. The Kier molecular flexibility index (Phi) is 2.00. The van der Waals surface area contributed by atoms with Crippen LogP contribution in [0, 0.1) is 0 Å². The van der Waals surface area contributed by atoms with Crippen LogP contribution in [0.4, 0.5) is 0 Å². The standard InChI is InChI=1S/C13H12N2/c1-2-4-10(5-3-1)13-6-11-7-14-8-12(11)9-15-13/h1-6,9,14H,7-8H2. The fraction of sp³-hybridized carbons (Fsp3) is 0.154. The predicted molar refractivity (Wildman–Crippen MR) is 60.2 cm³/mol. The Morgan fingerprint density at radius 2 is 1.80 bits per heavy atom. The Bertz CT molecular complexity index is 477. The van der Waals surface area contributed by atoms with Gasteiger partial charge in [0.25, 0.3) is 0 Å². The number of hydrogen-bond acceptors (Lipinski definition) is 2. The van der Waals surface area contributed by atoms with E-state index in [0.29, 0.717) is 0 Å². The van der Waals surface area contributed by atoms with Crippen molar-refractivity contribution in [2.45, 2.75) is 13.1 Å². The van der Waals surface area contributed by atoms with Crippen LogP contribution >= 0.6 is 0 Å². The van der Waals surface area contributed by atoms with Gasteiger partial charge in [0.2, 0.25) is 0 Å². The van der Waals surface area contributed by atoms with E-state index < -0.39 is 0 Å². The number of benzene rings is 1. The van der Waals surface area contributed by atoms with Crippen molar-refractivity contribution < 1.29 is 0 Å². The zero-order valence-electron chi connectivity index (χ0n) is 8.40. The van der Waals surface area contributed by atoms with E-state index in [1.165, 1.54) is 16.7 Å². The van der Waals surface area contributed by atoms with Gasteiger partial charge in [0.15, 0.2) is 0 Å². The van der Waals surface area contributed by atoms with Gasteiger partial charge in [-0.05, 0) is 17.2 Å². The van der Waals surface area contributed by atoms with Crippen LogP contribution in [0.1, 0.15) is 11.1 Å². The molecule has 0 saturated carbocycles. The van der Waals surface area contributed by atoms with Crippen LogP contribution in [0.25, 0.3) is 11.3 Å². The lowest BCUT2D eigenvalue weighted by atomic mass is 10.1. The molecule has 0 fully saturated rings. The molecule has 1 aliphatic heterocycles. The van der Waals surface area contributed by atoms with Crippen LogP contribution in [0.15, 0.2) is 42.6 Å². The van der Waals surface area contributed by atoms with Crippen LogP contribution in [0.5, 0.6) is 0 Å². The summed E-state index contributed by atoms with van der Waals surface area (Å²) in [5.74, 6) is 0. The van der Waals surface area contributed by atoms with E-state index in [2.05, 4.69) is 28.5 Å². The molecule has 15 heavy (non-hydrogen) atoms. The van der Waals surface area contributed by atoms with Crippen molar-refractivity contribution in [1.82, 2.24) is 10.3 Å². The first-order valence-corrected chi connectivity index (χ1v) is 5.17. The molecule has 0 bridgehead atoms. The molecular formula is C13H12N2. The third-order valence-electron chi connectivity index (χ3n) is 2.78. The largest absolute Gasteiger partial charge is 0.309 e. The fourth-order valence-corrected chi connectivity index (χ4v) is 1.95. The molecule has 74 valence electrons. The number of aromatic nitrogens is 1. The maximum atomic E-state index is 4.48. The molecule has 0 spiro atoms. The monoisotopic (exact) mass is 196 g/mol. The summed E-state index contributed by atoms with van der Waals surface area (Å²) in [7, 11) is 0. The highest BCUT2D eigenvalue weighted by Crippen LogP contribution is 2.21. The quantitative estimate of drug-likeness (QED) is 0.757. The maximum Gasteiger partial charge on any atom is 0.0705 e. The summed E-state index contributed by atoms with van der Waals surface area (Å²) >= 11 is 0. The molecule has 2 heteroatoms. The average Bonchev–Trinajstić information content (AvgIpc) is 2.77. The molecule has 1 N–H and O–H groups in total. The molecule has 0 atom stereocenters. The molecule has 1 aromatic heterocycles. The maximum absolute atomic E-state index is 4.48. The zero-order chi connectivity index (χ0) is 10.1. The number of rotatable bonds is 1. The van der Waals surface area contributed by atoms with Crippen LogP contribution in [0.3, 0.4) is 0 Å². The van der Waals surface area contributed by atoms with Gasteiger partial charge in [-0.2, -0.15) is 0 Å². The van der Waals surface area contributed by atoms with E-state index >= 15 is 0 Å². The van der Waals surface area contributed by atoms with Crippen molar-refractivity contribution >= 4 is 0 Å². The van der Waals surface area contributed by atoms with Crippen molar-refractivity contribution in [3.8, 4) is 11.3 Å². The third kappa shape index (κ3) is 1.53. The first kappa shape index (κ1) is 8.62. The van der Waals surface area contributed by atoms with E-state index in [4.69, 9.17) is 0 Å². The Morgan fingerprint density at radius 1 is 1.00 bits per heavy atom. The summed E-state index contributed by atoms with van der Waals surface area (Å²) in [6.07, 6.45) is 1.98. The van der Waals surface area contributed by atoms with Crippen molar-refractivity contribution in [2.24, 2.45) is 0 Å². The topological polar surface area (TPSA) is 24.9 Å². The SMILES string of the molecule is c1ccc(-c2cc3c(cn2)CNC3)cc1. The number of fused-ring (bicyclic) bond motifs is 1. The zero-order valence-corrected chi connectivity index (χ0v) is 8.40. The lowest BCUT2D eigenvalue weighted by Crippen LogP contribution is -1.99. The summed E-state index contributed by atoms with van der Waals surface area (Å²) in [6, 6.07) is 12.5. The van der Waals surface area contributed by atoms with Gasteiger partial charge < -0.3 is 5.32 Å². The lowest BCUT2D eigenvalue weighted by Gasteiger charge is -2.02. The van der Waals surface area contributed by atoms with Gasteiger partial charge in [0, 0.05) is 24.8 Å². The summed E-state index contributed by atoms with van der Waals surface area (Å²) < 4.78 is 0. The highest BCUT2D eigenvalue weighted by atomic mass is 14.9. The minimum atomic E-state index is 0.956. The summed E-state index contributed by atoms with van der Waals surface area (Å²) in [4.78, 5) is 4.48. The molecule has 1 aromatic carbocycles. The molecule has 0 amide bonds. The van der Waals surface area contributed by atoms with Crippen LogP contribution < -0.4 is 5.32 Å². The minimum absolute atomic E-state index is 0.956. The van der Waals surface area contributed by atoms with Crippen molar-refractivity contribution in [2.75, 3.05) is 0 Å². The molecule has 2 heterocycles. The van der Waals surface area contributed by atoms with E-state index in [9.17, 15) is 0 Å². The molecule has 1 aliphatic rings. The van der Waals surface area contributed by atoms with Gasteiger partial charge in [0.1, 0.15) is 0 Å². The second-order valence-electron chi connectivity index (χ2n) is 3.81.